The molecule has 0 fully saturated rings. The van der Waals surface area contributed by atoms with E-state index in [1.807, 2.05) is 11.8 Å². The predicted molar refractivity (Wildman–Crippen MR) is 120 cm³/mol. The number of thioether (sulfide) groups is 2. The number of phosphoric ester groups is 1. The summed E-state index contributed by atoms with van der Waals surface area (Å²) in [6.07, 6.45) is 18.2. The van der Waals surface area contributed by atoms with E-state index in [9.17, 15) is 4.57 Å². The summed E-state index contributed by atoms with van der Waals surface area (Å²) in [5.74, 6) is 3.08. The van der Waals surface area contributed by atoms with E-state index in [1.165, 1.54) is 82.8 Å². The van der Waals surface area contributed by atoms with Crippen molar-refractivity contribution >= 4 is 31.3 Å². The highest BCUT2D eigenvalue weighted by Gasteiger charge is 2.17. The van der Waals surface area contributed by atoms with Crippen LogP contribution in [-0.4, -0.2) is 53.1 Å². The van der Waals surface area contributed by atoms with Gasteiger partial charge in [-0.3, -0.25) is 4.52 Å². The molecular formula is C19H41O5PS2. The zero-order valence-corrected chi connectivity index (χ0v) is 19.8. The highest BCUT2D eigenvalue weighted by Crippen LogP contribution is 2.36. The fraction of sp³-hybridized carbons (Fsp3) is 1.00. The van der Waals surface area contributed by atoms with E-state index in [1.54, 1.807) is 18.9 Å². The van der Waals surface area contributed by atoms with Crippen LogP contribution in [-0.2, 0) is 13.8 Å². The van der Waals surface area contributed by atoms with E-state index >= 15 is 0 Å². The summed E-state index contributed by atoms with van der Waals surface area (Å²) in [7, 11) is -2.86. The van der Waals surface area contributed by atoms with Gasteiger partial charge in [0.1, 0.15) is 0 Å². The van der Waals surface area contributed by atoms with Gasteiger partial charge in [0.2, 0.25) is 0 Å². The van der Waals surface area contributed by atoms with Crippen molar-refractivity contribution in [3.63, 3.8) is 0 Å². The SMILES string of the molecule is COC(COP(=O)(O)O)CSCCCCCCCCCCCCCCSC. The monoisotopic (exact) mass is 444 g/mol. The second-order valence-corrected chi connectivity index (χ2v) is 10.3. The minimum Gasteiger partial charge on any atom is -0.378 e. The normalized spacial score (nSPS) is 13.2. The van der Waals surface area contributed by atoms with Gasteiger partial charge >= 0.3 is 7.82 Å². The minimum atomic E-state index is -4.40. The first-order chi connectivity index (χ1) is 13.0. The Morgan fingerprint density at radius 1 is 0.815 bits per heavy atom. The average molecular weight is 445 g/mol. The molecule has 0 aliphatic heterocycles. The predicted octanol–water partition coefficient (Wildman–Crippen LogP) is 5.89. The number of hydrogen-bond acceptors (Lipinski definition) is 5. The van der Waals surface area contributed by atoms with Gasteiger partial charge in [0.15, 0.2) is 0 Å². The van der Waals surface area contributed by atoms with Crippen LogP contribution in [0.5, 0.6) is 0 Å². The Balaban J connectivity index is 3.25. The lowest BCUT2D eigenvalue weighted by molar-refractivity contribution is 0.0605. The van der Waals surface area contributed by atoms with Crippen molar-refractivity contribution in [2.75, 3.05) is 37.2 Å². The molecule has 164 valence electrons. The quantitative estimate of drug-likeness (QED) is 0.169. The van der Waals surface area contributed by atoms with Gasteiger partial charge in [-0.1, -0.05) is 64.2 Å². The maximum Gasteiger partial charge on any atom is 0.469 e. The molecular weight excluding hydrogens is 403 g/mol. The van der Waals surface area contributed by atoms with E-state index in [4.69, 9.17) is 14.5 Å². The summed E-state index contributed by atoms with van der Waals surface area (Å²) >= 11 is 3.72. The summed E-state index contributed by atoms with van der Waals surface area (Å²) in [5, 5.41) is 0. The zero-order valence-electron chi connectivity index (χ0n) is 17.3. The fourth-order valence-electron chi connectivity index (χ4n) is 2.80. The van der Waals surface area contributed by atoms with Gasteiger partial charge in [-0.25, -0.2) is 4.57 Å². The highest BCUT2D eigenvalue weighted by molar-refractivity contribution is 7.99. The fourth-order valence-corrected chi connectivity index (χ4v) is 4.72. The zero-order chi connectivity index (χ0) is 20.2. The van der Waals surface area contributed by atoms with Crippen LogP contribution in [0.4, 0.5) is 0 Å². The Morgan fingerprint density at radius 3 is 1.67 bits per heavy atom. The van der Waals surface area contributed by atoms with Crippen molar-refractivity contribution in [1.29, 1.82) is 0 Å². The Hall–Kier alpha value is 0.770. The van der Waals surface area contributed by atoms with Crippen molar-refractivity contribution in [3.05, 3.63) is 0 Å². The van der Waals surface area contributed by atoms with Gasteiger partial charge in [0.25, 0.3) is 0 Å². The van der Waals surface area contributed by atoms with E-state index in [0.717, 1.165) is 5.75 Å². The van der Waals surface area contributed by atoms with Crippen LogP contribution in [0.25, 0.3) is 0 Å². The molecule has 0 saturated carbocycles. The van der Waals surface area contributed by atoms with Gasteiger partial charge < -0.3 is 14.5 Å². The summed E-state index contributed by atoms with van der Waals surface area (Å²) in [6, 6.07) is 0. The number of ether oxygens (including phenoxy) is 1. The molecule has 0 heterocycles. The number of unbranched alkanes of at least 4 members (excludes halogenated alkanes) is 11. The number of hydrogen-bond donors (Lipinski definition) is 2. The third-order valence-electron chi connectivity index (χ3n) is 4.45. The molecule has 0 aromatic heterocycles. The summed E-state index contributed by atoms with van der Waals surface area (Å²) in [4.78, 5) is 17.4. The average Bonchev–Trinajstić information content (AvgIpc) is 2.63. The second-order valence-electron chi connectivity index (χ2n) is 6.95. The third-order valence-corrected chi connectivity index (χ3v) is 6.82. The number of rotatable bonds is 21. The molecule has 0 aromatic carbocycles. The van der Waals surface area contributed by atoms with Gasteiger partial charge in [0, 0.05) is 12.9 Å². The molecule has 5 nitrogen and oxygen atoms in total. The molecule has 27 heavy (non-hydrogen) atoms. The Labute approximate surface area is 175 Å². The van der Waals surface area contributed by atoms with Crippen molar-refractivity contribution in [1.82, 2.24) is 0 Å². The second kappa shape index (κ2) is 20.1. The van der Waals surface area contributed by atoms with Crippen LogP contribution in [0.3, 0.4) is 0 Å². The van der Waals surface area contributed by atoms with Gasteiger partial charge in [-0.2, -0.15) is 23.5 Å². The molecule has 0 bridgehead atoms. The molecule has 0 rings (SSSR count). The van der Waals surface area contributed by atoms with Crippen LogP contribution >= 0.6 is 31.3 Å². The molecule has 0 radical (unpaired) electrons. The van der Waals surface area contributed by atoms with E-state index in [2.05, 4.69) is 10.8 Å². The maximum atomic E-state index is 10.7. The molecule has 1 unspecified atom stereocenters. The van der Waals surface area contributed by atoms with E-state index < -0.39 is 7.82 Å². The van der Waals surface area contributed by atoms with Crippen LogP contribution in [0, 0.1) is 0 Å². The molecule has 0 aliphatic carbocycles. The topological polar surface area (TPSA) is 76.0 Å². The minimum absolute atomic E-state index is 0.0639. The van der Waals surface area contributed by atoms with Crippen molar-refractivity contribution < 1.29 is 23.6 Å². The summed E-state index contributed by atoms with van der Waals surface area (Å²) < 4.78 is 20.4. The first-order valence-corrected chi connectivity index (χ1v) is 14.4. The standard InChI is InChI=1S/C19H41O5PS2/c1-23-19(17-24-25(20,21)22)18-27-16-14-12-10-8-6-4-3-5-7-9-11-13-15-26-2/h19H,3-18H2,1-2H3,(H2,20,21,22). The van der Waals surface area contributed by atoms with Crippen molar-refractivity contribution in [3.8, 4) is 0 Å². The molecule has 0 spiro atoms. The van der Waals surface area contributed by atoms with E-state index in [-0.39, 0.29) is 12.7 Å². The Kier molecular flexibility index (Phi) is 20.6. The maximum absolute atomic E-state index is 10.7. The van der Waals surface area contributed by atoms with Crippen molar-refractivity contribution in [2.45, 2.75) is 83.2 Å². The summed E-state index contributed by atoms with van der Waals surface area (Å²) in [6.45, 7) is -0.0639. The van der Waals surface area contributed by atoms with Gasteiger partial charge in [-0.05, 0) is 30.6 Å². The first kappa shape index (κ1) is 27.8. The van der Waals surface area contributed by atoms with Crippen LogP contribution in [0.1, 0.15) is 77.0 Å². The smallest absolute Gasteiger partial charge is 0.378 e. The molecule has 0 aromatic rings. The molecule has 0 saturated heterocycles. The Bertz CT molecular complexity index is 355. The van der Waals surface area contributed by atoms with Crippen molar-refractivity contribution in [2.24, 2.45) is 0 Å². The third kappa shape index (κ3) is 22.9. The molecule has 1 atom stereocenters. The summed E-state index contributed by atoms with van der Waals surface area (Å²) in [5.41, 5.74) is 0. The Morgan fingerprint density at radius 2 is 1.26 bits per heavy atom. The van der Waals surface area contributed by atoms with Crippen LogP contribution in [0.2, 0.25) is 0 Å². The molecule has 0 amide bonds. The number of methoxy groups -OCH3 is 1. The molecule has 0 aliphatic rings. The number of phosphoric acid groups is 1. The van der Waals surface area contributed by atoms with Gasteiger partial charge in [-0.15, -0.1) is 0 Å². The lowest BCUT2D eigenvalue weighted by Crippen LogP contribution is -2.20. The lowest BCUT2D eigenvalue weighted by Gasteiger charge is -2.15. The lowest BCUT2D eigenvalue weighted by atomic mass is 10.1. The molecule has 2 N–H and O–H groups in total. The molecule has 8 heteroatoms. The highest BCUT2D eigenvalue weighted by atomic mass is 32.2. The largest absolute Gasteiger partial charge is 0.469 e. The van der Waals surface area contributed by atoms with Gasteiger partial charge in [0.05, 0.1) is 12.7 Å². The van der Waals surface area contributed by atoms with Crippen LogP contribution < -0.4 is 0 Å². The van der Waals surface area contributed by atoms with E-state index in [0.29, 0.717) is 5.75 Å². The first-order valence-electron chi connectivity index (χ1n) is 10.3. The van der Waals surface area contributed by atoms with Crippen LogP contribution in [0.15, 0.2) is 0 Å².